The number of carbonyl (C=O) groups is 1. The van der Waals surface area contributed by atoms with Gasteiger partial charge in [0.2, 0.25) is 0 Å². The molecule has 0 aromatic heterocycles. The van der Waals surface area contributed by atoms with Crippen LogP contribution < -0.4 is 0 Å². The summed E-state index contributed by atoms with van der Waals surface area (Å²) in [6.07, 6.45) is 2.64. The van der Waals surface area contributed by atoms with Crippen LogP contribution in [0.15, 0.2) is 5.18 Å². The van der Waals surface area contributed by atoms with Crippen LogP contribution in [0, 0.1) is 4.91 Å². The standard InChI is InChI=1S/C4H10.C3H5NO3/c1-3-4-2;1-7-3(5)2-4-6/h3-4H2,1-2H3;2H2,1H3. The summed E-state index contributed by atoms with van der Waals surface area (Å²) in [6.45, 7) is 3.97. The van der Waals surface area contributed by atoms with Crippen molar-refractivity contribution in [1.82, 2.24) is 0 Å². The van der Waals surface area contributed by atoms with E-state index in [1.54, 1.807) is 0 Å². The van der Waals surface area contributed by atoms with Crippen molar-refractivity contribution < 1.29 is 9.53 Å². The zero-order valence-corrected chi connectivity index (χ0v) is 7.29. The summed E-state index contributed by atoms with van der Waals surface area (Å²) in [4.78, 5) is 19.1. The molecule has 0 saturated carbocycles. The Kier molecular flexibility index (Phi) is 13.7. The molecule has 0 rings (SSSR count). The first-order chi connectivity index (χ1) is 5.22. The molecular weight excluding hydrogens is 146 g/mol. The molecule has 0 spiro atoms. The SMILES string of the molecule is CCCC.COC(=O)CN=O. The molecule has 0 radical (unpaired) electrons. The molecule has 0 aliphatic heterocycles. The van der Waals surface area contributed by atoms with Gasteiger partial charge in [0.25, 0.3) is 0 Å². The Morgan fingerprint density at radius 2 is 1.82 bits per heavy atom. The first kappa shape index (κ1) is 12.7. The molecule has 0 saturated heterocycles. The maximum atomic E-state index is 9.90. The van der Waals surface area contributed by atoms with Gasteiger partial charge in [-0.3, -0.25) is 0 Å². The van der Waals surface area contributed by atoms with E-state index in [0.717, 1.165) is 0 Å². The van der Waals surface area contributed by atoms with Crippen molar-refractivity contribution in [1.29, 1.82) is 0 Å². The number of esters is 1. The van der Waals surface area contributed by atoms with E-state index < -0.39 is 12.5 Å². The van der Waals surface area contributed by atoms with Crippen LogP contribution >= 0.6 is 0 Å². The lowest BCUT2D eigenvalue weighted by Crippen LogP contribution is -2.02. The van der Waals surface area contributed by atoms with Crippen molar-refractivity contribution in [3.63, 3.8) is 0 Å². The van der Waals surface area contributed by atoms with Crippen molar-refractivity contribution in [2.75, 3.05) is 13.7 Å². The van der Waals surface area contributed by atoms with Gasteiger partial charge in [0.1, 0.15) is 0 Å². The van der Waals surface area contributed by atoms with Crippen LogP contribution in [0.3, 0.4) is 0 Å². The minimum Gasteiger partial charge on any atom is -0.468 e. The van der Waals surface area contributed by atoms with E-state index in [9.17, 15) is 9.70 Å². The molecule has 0 aromatic rings. The highest BCUT2D eigenvalue weighted by Gasteiger charge is 1.94. The summed E-state index contributed by atoms with van der Waals surface area (Å²) >= 11 is 0. The molecule has 11 heavy (non-hydrogen) atoms. The topological polar surface area (TPSA) is 55.7 Å². The molecule has 0 amide bonds. The van der Waals surface area contributed by atoms with Crippen molar-refractivity contribution in [3.8, 4) is 0 Å². The van der Waals surface area contributed by atoms with E-state index in [4.69, 9.17) is 0 Å². The minimum absolute atomic E-state index is 0.392. The Labute approximate surface area is 66.9 Å². The number of hydrogen-bond acceptors (Lipinski definition) is 4. The summed E-state index contributed by atoms with van der Waals surface area (Å²) in [7, 11) is 1.20. The molecule has 66 valence electrons. The quantitative estimate of drug-likeness (QED) is 0.468. The molecule has 0 atom stereocenters. The Hall–Kier alpha value is -0.930. The van der Waals surface area contributed by atoms with Crippen LogP contribution in [-0.2, 0) is 9.53 Å². The predicted molar refractivity (Wildman–Crippen MR) is 43.3 cm³/mol. The normalized spacial score (nSPS) is 7.55. The third-order valence-corrected chi connectivity index (χ3v) is 0.921. The number of ether oxygens (including phenoxy) is 1. The smallest absolute Gasteiger partial charge is 0.331 e. The zero-order chi connectivity index (χ0) is 9.11. The highest BCUT2D eigenvalue weighted by Crippen LogP contribution is 1.76. The van der Waals surface area contributed by atoms with Crippen LogP contribution in [0.5, 0.6) is 0 Å². The number of methoxy groups -OCH3 is 1. The second-order valence-electron chi connectivity index (χ2n) is 1.86. The monoisotopic (exact) mass is 161 g/mol. The molecule has 4 heteroatoms. The van der Waals surface area contributed by atoms with Gasteiger partial charge in [0.15, 0.2) is 6.54 Å². The fourth-order valence-corrected chi connectivity index (χ4v) is 0.117. The van der Waals surface area contributed by atoms with Gasteiger partial charge in [-0.25, -0.2) is 4.79 Å². The largest absolute Gasteiger partial charge is 0.468 e. The van der Waals surface area contributed by atoms with Gasteiger partial charge in [0.05, 0.1) is 7.11 Å². The number of rotatable bonds is 3. The molecule has 0 unspecified atom stereocenters. The molecule has 0 N–H and O–H groups in total. The lowest BCUT2D eigenvalue weighted by atomic mass is 10.4. The van der Waals surface area contributed by atoms with Crippen LogP contribution in [0.25, 0.3) is 0 Å². The lowest BCUT2D eigenvalue weighted by Gasteiger charge is -1.86. The van der Waals surface area contributed by atoms with Gasteiger partial charge >= 0.3 is 5.97 Å². The second-order valence-corrected chi connectivity index (χ2v) is 1.86. The lowest BCUT2D eigenvalue weighted by molar-refractivity contribution is -0.138. The Morgan fingerprint density at radius 1 is 1.36 bits per heavy atom. The number of carbonyl (C=O) groups excluding carboxylic acids is 1. The van der Waals surface area contributed by atoms with Crippen LogP contribution in [0.4, 0.5) is 0 Å². The van der Waals surface area contributed by atoms with Crippen LogP contribution in [-0.4, -0.2) is 19.6 Å². The van der Waals surface area contributed by atoms with Crippen molar-refractivity contribution in [3.05, 3.63) is 4.91 Å². The molecule has 0 fully saturated rings. The Bertz CT molecular complexity index is 102. The van der Waals surface area contributed by atoms with Gasteiger partial charge in [0, 0.05) is 0 Å². The summed E-state index contributed by atoms with van der Waals surface area (Å²) in [5, 5.41) is 2.28. The number of hydrogen-bond donors (Lipinski definition) is 0. The number of nitroso groups, excluding NO2 is 1. The van der Waals surface area contributed by atoms with Gasteiger partial charge in [-0.2, -0.15) is 4.91 Å². The first-order valence-corrected chi connectivity index (χ1v) is 3.58. The van der Waals surface area contributed by atoms with E-state index >= 15 is 0 Å². The van der Waals surface area contributed by atoms with E-state index in [1.807, 2.05) is 0 Å². The average molecular weight is 161 g/mol. The van der Waals surface area contributed by atoms with Crippen LogP contribution in [0.1, 0.15) is 26.7 Å². The van der Waals surface area contributed by atoms with Crippen molar-refractivity contribution in [2.45, 2.75) is 26.7 Å². The molecule has 0 bridgehead atoms. The molecular formula is C7H15NO3. The van der Waals surface area contributed by atoms with Gasteiger partial charge in [-0.1, -0.05) is 31.9 Å². The maximum absolute atomic E-state index is 9.90. The Morgan fingerprint density at radius 3 is 1.91 bits per heavy atom. The van der Waals surface area contributed by atoms with Crippen molar-refractivity contribution in [2.24, 2.45) is 5.18 Å². The number of nitrogens with zero attached hydrogens (tertiary/aromatic N) is 1. The highest BCUT2D eigenvalue weighted by molar-refractivity contribution is 5.71. The third kappa shape index (κ3) is 17.6. The van der Waals surface area contributed by atoms with Crippen molar-refractivity contribution >= 4 is 5.97 Å². The molecule has 0 aliphatic carbocycles. The van der Waals surface area contributed by atoms with Gasteiger partial charge in [-0.15, -0.1) is 0 Å². The number of unbranched alkanes of at least 4 members (excludes halogenated alkanes) is 1. The summed E-state index contributed by atoms with van der Waals surface area (Å²) < 4.78 is 4.06. The summed E-state index contributed by atoms with van der Waals surface area (Å²) in [5.41, 5.74) is 0. The first-order valence-electron chi connectivity index (χ1n) is 3.58. The third-order valence-electron chi connectivity index (χ3n) is 0.921. The maximum Gasteiger partial charge on any atom is 0.331 e. The Balaban J connectivity index is 0. The van der Waals surface area contributed by atoms with Gasteiger partial charge in [-0.05, 0) is 0 Å². The zero-order valence-electron chi connectivity index (χ0n) is 7.29. The van der Waals surface area contributed by atoms with Gasteiger partial charge < -0.3 is 4.74 Å². The predicted octanol–water partition coefficient (Wildman–Crippen LogP) is 1.73. The van der Waals surface area contributed by atoms with E-state index in [1.165, 1.54) is 20.0 Å². The second kappa shape index (κ2) is 11.8. The summed E-state index contributed by atoms with van der Waals surface area (Å²) in [5.74, 6) is -0.602. The van der Waals surface area contributed by atoms with E-state index in [0.29, 0.717) is 0 Å². The minimum atomic E-state index is -0.602. The van der Waals surface area contributed by atoms with Crippen LogP contribution in [0.2, 0.25) is 0 Å². The van der Waals surface area contributed by atoms with E-state index in [-0.39, 0.29) is 0 Å². The molecule has 4 nitrogen and oxygen atoms in total. The van der Waals surface area contributed by atoms with E-state index in [2.05, 4.69) is 23.8 Å². The fraction of sp³-hybridized carbons (Fsp3) is 0.857. The molecule has 0 aromatic carbocycles. The summed E-state index contributed by atoms with van der Waals surface area (Å²) in [6, 6.07) is 0. The molecule has 0 aliphatic rings. The fourth-order valence-electron chi connectivity index (χ4n) is 0.117. The highest BCUT2D eigenvalue weighted by atomic mass is 16.5. The molecule has 0 heterocycles. The average Bonchev–Trinajstić information content (AvgIpc) is 2.05.